The van der Waals surface area contributed by atoms with Gasteiger partial charge in [0.15, 0.2) is 0 Å². The van der Waals surface area contributed by atoms with Crippen LogP contribution in [-0.2, 0) is 0 Å². The number of rotatable bonds is 6. The number of likely N-dealkylation sites (N-methyl/N-ethyl adjacent to an activating group) is 1. The van der Waals surface area contributed by atoms with Gasteiger partial charge in [-0.05, 0) is 55.8 Å². The van der Waals surface area contributed by atoms with E-state index in [1.54, 1.807) is 49.5 Å². The Balaban J connectivity index is 1.62. The first-order chi connectivity index (χ1) is 13.4. The summed E-state index contributed by atoms with van der Waals surface area (Å²) in [6, 6.07) is 10.5. The van der Waals surface area contributed by atoms with Gasteiger partial charge in [-0.25, -0.2) is 0 Å². The first kappa shape index (κ1) is 19.4. The summed E-state index contributed by atoms with van der Waals surface area (Å²) in [5.41, 5.74) is 2.90. The summed E-state index contributed by atoms with van der Waals surface area (Å²) in [6.07, 6.45) is 1.68. The highest BCUT2D eigenvalue weighted by Gasteiger charge is 2.18. The van der Waals surface area contributed by atoms with Crippen LogP contribution in [-0.4, -0.2) is 53.7 Å². The summed E-state index contributed by atoms with van der Waals surface area (Å²) in [5.74, 6) is 0.435. The molecule has 2 N–H and O–H groups in total. The number of H-pyrrole nitrogens is 1. The second kappa shape index (κ2) is 8.12. The van der Waals surface area contributed by atoms with Crippen LogP contribution in [0.2, 0.25) is 0 Å². The van der Waals surface area contributed by atoms with Crippen LogP contribution in [0.1, 0.15) is 33.2 Å². The Hall–Kier alpha value is -3.35. The molecular formula is C21H24N4O3. The number of ether oxygens (including phenoxy) is 1. The highest BCUT2D eigenvalue weighted by atomic mass is 16.5. The molecule has 0 aliphatic carbocycles. The van der Waals surface area contributed by atoms with Crippen LogP contribution in [0.15, 0.2) is 42.6 Å². The summed E-state index contributed by atoms with van der Waals surface area (Å²) in [5, 5.41) is 10.6. The van der Waals surface area contributed by atoms with Gasteiger partial charge in [-0.2, -0.15) is 5.10 Å². The van der Waals surface area contributed by atoms with Crippen LogP contribution in [0.4, 0.5) is 0 Å². The number of amides is 2. The molecule has 0 bridgehead atoms. The van der Waals surface area contributed by atoms with E-state index in [0.717, 1.165) is 16.5 Å². The summed E-state index contributed by atoms with van der Waals surface area (Å²) in [6.45, 7) is 4.14. The van der Waals surface area contributed by atoms with E-state index in [1.165, 1.54) is 0 Å². The summed E-state index contributed by atoms with van der Waals surface area (Å²) in [4.78, 5) is 26.9. The molecule has 28 heavy (non-hydrogen) atoms. The lowest BCUT2D eigenvalue weighted by Crippen LogP contribution is -2.42. The van der Waals surface area contributed by atoms with Gasteiger partial charge in [0, 0.05) is 36.1 Å². The molecule has 1 atom stereocenters. The quantitative estimate of drug-likeness (QED) is 0.688. The molecule has 1 aromatic heterocycles. The lowest BCUT2D eigenvalue weighted by Gasteiger charge is -2.23. The molecule has 1 unspecified atom stereocenters. The molecule has 146 valence electrons. The van der Waals surface area contributed by atoms with E-state index in [9.17, 15) is 9.59 Å². The molecule has 1 heterocycles. The first-order valence-corrected chi connectivity index (χ1v) is 9.03. The Kier molecular flexibility index (Phi) is 5.63. The summed E-state index contributed by atoms with van der Waals surface area (Å²) < 4.78 is 5.18. The minimum absolute atomic E-state index is 0.0962. The average Bonchev–Trinajstić information content (AvgIpc) is 3.14. The predicted molar refractivity (Wildman–Crippen MR) is 108 cm³/mol. The molecule has 3 rings (SSSR count). The van der Waals surface area contributed by atoms with Gasteiger partial charge in [0.2, 0.25) is 0 Å². The van der Waals surface area contributed by atoms with Crippen LogP contribution < -0.4 is 10.1 Å². The van der Waals surface area contributed by atoms with Crippen molar-refractivity contribution in [1.82, 2.24) is 20.4 Å². The predicted octanol–water partition coefficient (Wildman–Crippen LogP) is 2.77. The molecule has 0 aliphatic heterocycles. The molecule has 2 amide bonds. The van der Waals surface area contributed by atoms with E-state index < -0.39 is 0 Å². The molecule has 0 spiro atoms. The van der Waals surface area contributed by atoms with Crippen molar-refractivity contribution in [2.45, 2.75) is 19.9 Å². The van der Waals surface area contributed by atoms with Crippen molar-refractivity contribution in [2.24, 2.45) is 0 Å². The SMILES string of the molecule is COc1ccc(C(=O)N(C)CC(C)NC(=O)c2ccc3[nH]ncc3c2)c(C)c1. The molecule has 0 aliphatic rings. The van der Waals surface area contributed by atoms with E-state index in [2.05, 4.69) is 15.5 Å². The highest BCUT2D eigenvalue weighted by molar-refractivity contribution is 5.98. The number of carbonyl (C=O) groups is 2. The summed E-state index contributed by atoms with van der Waals surface area (Å²) in [7, 11) is 3.32. The number of hydrogen-bond acceptors (Lipinski definition) is 4. The average molecular weight is 380 g/mol. The number of aromatic amines is 1. The van der Waals surface area contributed by atoms with Gasteiger partial charge in [0.1, 0.15) is 5.75 Å². The maximum atomic E-state index is 12.7. The molecule has 0 saturated carbocycles. The Morgan fingerprint density at radius 3 is 2.75 bits per heavy atom. The molecule has 7 heteroatoms. The first-order valence-electron chi connectivity index (χ1n) is 9.03. The topological polar surface area (TPSA) is 87.3 Å². The fourth-order valence-corrected chi connectivity index (χ4v) is 3.14. The lowest BCUT2D eigenvalue weighted by atomic mass is 10.1. The minimum Gasteiger partial charge on any atom is -0.497 e. The normalized spacial score (nSPS) is 11.9. The number of aromatic nitrogens is 2. The molecule has 0 saturated heterocycles. The number of nitrogens with zero attached hydrogens (tertiary/aromatic N) is 2. The van der Waals surface area contributed by atoms with Crippen LogP contribution in [0.3, 0.4) is 0 Å². The fraction of sp³-hybridized carbons (Fsp3) is 0.286. The van der Waals surface area contributed by atoms with Gasteiger partial charge >= 0.3 is 0 Å². The van der Waals surface area contributed by atoms with Crippen LogP contribution in [0, 0.1) is 6.92 Å². The lowest BCUT2D eigenvalue weighted by molar-refractivity contribution is 0.0768. The van der Waals surface area contributed by atoms with Gasteiger partial charge in [-0.1, -0.05) is 0 Å². The van der Waals surface area contributed by atoms with Crippen molar-refractivity contribution in [3.8, 4) is 5.75 Å². The molecule has 7 nitrogen and oxygen atoms in total. The van der Waals surface area contributed by atoms with Crippen molar-refractivity contribution in [2.75, 3.05) is 20.7 Å². The van der Waals surface area contributed by atoms with Gasteiger partial charge in [-0.3, -0.25) is 14.7 Å². The number of fused-ring (bicyclic) bond motifs is 1. The maximum Gasteiger partial charge on any atom is 0.253 e. The Labute approximate surface area is 163 Å². The van der Waals surface area contributed by atoms with Gasteiger partial charge in [-0.15, -0.1) is 0 Å². The third-order valence-corrected chi connectivity index (χ3v) is 4.64. The Bertz CT molecular complexity index is 1010. The van der Waals surface area contributed by atoms with Crippen LogP contribution in [0.25, 0.3) is 10.9 Å². The van der Waals surface area contributed by atoms with E-state index in [4.69, 9.17) is 4.74 Å². The fourth-order valence-electron chi connectivity index (χ4n) is 3.14. The van der Waals surface area contributed by atoms with E-state index in [0.29, 0.717) is 23.4 Å². The van der Waals surface area contributed by atoms with E-state index in [1.807, 2.05) is 26.0 Å². The Morgan fingerprint density at radius 2 is 2.04 bits per heavy atom. The van der Waals surface area contributed by atoms with Gasteiger partial charge in [0.05, 0.1) is 18.8 Å². The van der Waals surface area contributed by atoms with E-state index in [-0.39, 0.29) is 17.9 Å². The number of carbonyl (C=O) groups excluding carboxylic acids is 2. The number of benzene rings is 2. The second-order valence-electron chi connectivity index (χ2n) is 6.91. The monoisotopic (exact) mass is 380 g/mol. The zero-order valence-corrected chi connectivity index (χ0v) is 16.4. The van der Waals surface area contributed by atoms with Crippen LogP contribution >= 0.6 is 0 Å². The van der Waals surface area contributed by atoms with Crippen LogP contribution in [0.5, 0.6) is 5.75 Å². The maximum absolute atomic E-state index is 12.7. The second-order valence-corrected chi connectivity index (χ2v) is 6.91. The highest BCUT2D eigenvalue weighted by Crippen LogP contribution is 2.18. The van der Waals surface area contributed by atoms with E-state index >= 15 is 0 Å². The number of hydrogen-bond donors (Lipinski definition) is 2. The van der Waals surface area contributed by atoms with Crippen molar-refractivity contribution in [3.63, 3.8) is 0 Å². The van der Waals surface area contributed by atoms with Crippen molar-refractivity contribution < 1.29 is 14.3 Å². The zero-order valence-electron chi connectivity index (χ0n) is 16.4. The van der Waals surface area contributed by atoms with Gasteiger partial charge in [0.25, 0.3) is 11.8 Å². The number of methoxy groups -OCH3 is 1. The number of nitrogens with one attached hydrogen (secondary N) is 2. The number of aryl methyl sites for hydroxylation is 1. The Morgan fingerprint density at radius 1 is 1.25 bits per heavy atom. The van der Waals surface area contributed by atoms with Crippen molar-refractivity contribution in [1.29, 1.82) is 0 Å². The summed E-state index contributed by atoms with van der Waals surface area (Å²) >= 11 is 0. The third kappa shape index (κ3) is 4.14. The molecule has 2 aromatic carbocycles. The van der Waals surface area contributed by atoms with Crippen molar-refractivity contribution >= 4 is 22.7 Å². The van der Waals surface area contributed by atoms with Crippen molar-refractivity contribution in [3.05, 3.63) is 59.3 Å². The third-order valence-electron chi connectivity index (χ3n) is 4.64. The standard InChI is InChI=1S/C21H24N4O3/c1-13-9-17(28-4)6-7-18(13)21(27)25(3)12-14(2)23-20(26)15-5-8-19-16(10-15)11-22-24-19/h5-11,14H,12H2,1-4H3,(H,22,24)(H,23,26). The smallest absolute Gasteiger partial charge is 0.253 e. The molecule has 0 fully saturated rings. The minimum atomic E-state index is -0.208. The van der Waals surface area contributed by atoms with Gasteiger partial charge < -0.3 is 15.0 Å². The molecular weight excluding hydrogens is 356 g/mol. The largest absolute Gasteiger partial charge is 0.497 e. The zero-order chi connectivity index (χ0) is 20.3. The molecule has 0 radical (unpaired) electrons. The molecule has 3 aromatic rings.